The number of hydrogen-bond acceptors (Lipinski definition) is 1. The van der Waals surface area contributed by atoms with Crippen LogP contribution in [0.25, 0.3) is 32.9 Å². The van der Waals surface area contributed by atoms with Crippen LogP contribution in [0.2, 0.25) is 0 Å². The first kappa shape index (κ1) is 17.4. The van der Waals surface area contributed by atoms with Gasteiger partial charge in [-0.3, -0.25) is 4.79 Å². The van der Waals surface area contributed by atoms with Crippen LogP contribution in [0.4, 0.5) is 8.78 Å². The molecule has 5 rings (SSSR count). The van der Waals surface area contributed by atoms with Crippen molar-refractivity contribution in [2.24, 2.45) is 7.05 Å². The molecule has 0 aliphatic carbocycles. The maximum atomic E-state index is 13.6. The summed E-state index contributed by atoms with van der Waals surface area (Å²) in [4.78, 5) is 15.3. The van der Waals surface area contributed by atoms with Crippen LogP contribution in [0.1, 0.15) is 5.56 Å². The van der Waals surface area contributed by atoms with E-state index in [2.05, 4.69) is 4.98 Å². The normalized spacial score (nSPS) is 11.6. The maximum absolute atomic E-state index is 13.6. The van der Waals surface area contributed by atoms with E-state index in [0.29, 0.717) is 17.6 Å². The van der Waals surface area contributed by atoms with Crippen molar-refractivity contribution < 1.29 is 8.78 Å². The molecule has 2 aromatic carbocycles. The zero-order valence-electron chi connectivity index (χ0n) is 15.6. The van der Waals surface area contributed by atoms with Crippen LogP contribution in [0.5, 0.6) is 0 Å². The lowest BCUT2D eigenvalue weighted by Crippen LogP contribution is -2.16. The molecular formula is C23H17F2N3O. The van der Waals surface area contributed by atoms with Gasteiger partial charge in [-0.25, -0.2) is 8.78 Å². The Labute approximate surface area is 164 Å². The monoisotopic (exact) mass is 389 g/mol. The number of halogens is 2. The van der Waals surface area contributed by atoms with Crippen molar-refractivity contribution in [1.82, 2.24) is 14.1 Å². The summed E-state index contributed by atoms with van der Waals surface area (Å²) in [5, 5.41) is 1.89. The first-order valence-electron chi connectivity index (χ1n) is 9.20. The van der Waals surface area contributed by atoms with Crippen LogP contribution < -0.4 is 5.56 Å². The summed E-state index contributed by atoms with van der Waals surface area (Å²) in [6, 6.07) is 13.5. The Morgan fingerprint density at radius 2 is 1.79 bits per heavy atom. The van der Waals surface area contributed by atoms with Gasteiger partial charge in [-0.1, -0.05) is 12.1 Å². The van der Waals surface area contributed by atoms with Gasteiger partial charge in [0.15, 0.2) is 0 Å². The van der Waals surface area contributed by atoms with Crippen LogP contribution in [-0.4, -0.2) is 14.1 Å². The summed E-state index contributed by atoms with van der Waals surface area (Å²) in [6.45, 7) is 0.356. The van der Waals surface area contributed by atoms with Gasteiger partial charge in [0, 0.05) is 54.7 Å². The fourth-order valence-corrected chi connectivity index (χ4v) is 3.89. The fourth-order valence-electron chi connectivity index (χ4n) is 3.89. The molecule has 3 aromatic heterocycles. The number of rotatable bonds is 3. The molecule has 0 aliphatic rings. The summed E-state index contributed by atoms with van der Waals surface area (Å²) >= 11 is 0. The van der Waals surface area contributed by atoms with Crippen LogP contribution in [-0.2, 0) is 13.6 Å². The van der Waals surface area contributed by atoms with Crippen molar-refractivity contribution in [2.45, 2.75) is 6.54 Å². The molecule has 6 heteroatoms. The zero-order valence-corrected chi connectivity index (χ0v) is 15.6. The van der Waals surface area contributed by atoms with Gasteiger partial charge in [-0.15, -0.1) is 0 Å². The fraction of sp³-hybridized carbons (Fsp3) is 0.0870. The SMILES string of the molecule is Cn1cc(-c2ccc3ccn(Cc4cc(F)cc(F)c4)c3c2)c2cc[nH]c2c1=O. The number of H-pyrrole nitrogens is 1. The first-order valence-corrected chi connectivity index (χ1v) is 9.20. The van der Waals surface area contributed by atoms with E-state index < -0.39 is 11.6 Å². The summed E-state index contributed by atoms with van der Waals surface area (Å²) in [5.41, 5.74) is 3.89. The van der Waals surface area contributed by atoms with Crippen LogP contribution in [0.3, 0.4) is 0 Å². The Morgan fingerprint density at radius 3 is 2.59 bits per heavy atom. The molecule has 0 bridgehead atoms. The number of hydrogen-bond donors (Lipinski definition) is 1. The van der Waals surface area contributed by atoms with Crippen molar-refractivity contribution in [3.8, 4) is 11.1 Å². The zero-order chi connectivity index (χ0) is 20.1. The molecule has 29 heavy (non-hydrogen) atoms. The van der Waals surface area contributed by atoms with E-state index in [1.165, 1.54) is 12.1 Å². The van der Waals surface area contributed by atoms with E-state index in [-0.39, 0.29) is 5.56 Å². The lowest BCUT2D eigenvalue weighted by Gasteiger charge is -2.10. The van der Waals surface area contributed by atoms with E-state index in [1.807, 2.05) is 47.3 Å². The Kier molecular flexibility index (Phi) is 3.87. The van der Waals surface area contributed by atoms with Gasteiger partial charge in [0.05, 0.1) is 0 Å². The molecular weight excluding hydrogens is 372 g/mol. The predicted octanol–water partition coefficient (Wildman–Crippen LogP) is 4.81. The molecule has 0 atom stereocenters. The minimum absolute atomic E-state index is 0.0775. The topological polar surface area (TPSA) is 42.7 Å². The second-order valence-corrected chi connectivity index (χ2v) is 7.22. The average Bonchev–Trinajstić information content (AvgIpc) is 3.31. The van der Waals surface area contributed by atoms with Gasteiger partial charge < -0.3 is 14.1 Å². The summed E-state index contributed by atoms with van der Waals surface area (Å²) in [7, 11) is 1.73. The standard InChI is InChI=1S/C23H17F2N3O/c1-27-13-20(19-4-6-26-22(19)23(27)29)16-3-2-15-5-7-28(21(15)10-16)12-14-8-17(24)11-18(25)9-14/h2-11,13,26H,12H2,1H3. The highest BCUT2D eigenvalue weighted by molar-refractivity contribution is 5.96. The van der Waals surface area contributed by atoms with Crippen molar-refractivity contribution >= 4 is 21.8 Å². The number of aromatic amines is 1. The number of aromatic nitrogens is 3. The van der Waals surface area contributed by atoms with E-state index in [4.69, 9.17) is 0 Å². The van der Waals surface area contributed by atoms with Crippen LogP contribution in [0, 0.1) is 11.6 Å². The smallest absolute Gasteiger partial charge is 0.274 e. The summed E-state index contributed by atoms with van der Waals surface area (Å²) < 4.78 is 30.7. The van der Waals surface area contributed by atoms with Crippen molar-refractivity contribution in [2.75, 3.05) is 0 Å². The van der Waals surface area contributed by atoms with E-state index in [0.717, 1.165) is 33.5 Å². The molecule has 0 saturated carbocycles. The van der Waals surface area contributed by atoms with Gasteiger partial charge >= 0.3 is 0 Å². The second kappa shape index (κ2) is 6.44. The molecule has 0 radical (unpaired) electrons. The lowest BCUT2D eigenvalue weighted by atomic mass is 10.0. The van der Waals surface area contributed by atoms with Gasteiger partial charge in [0.1, 0.15) is 17.2 Å². The van der Waals surface area contributed by atoms with Gasteiger partial charge in [-0.2, -0.15) is 0 Å². The Bertz CT molecular complexity index is 1420. The highest BCUT2D eigenvalue weighted by Gasteiger charge is 2.12. The second-order valence-electron chi connectivity index (χ2n) is 7.22. The van der Waals surface area contributed by atoms with Crippen molar-refractivity contribution in [3.05, 3.63) is 94.7 Å². The third kappa shape index (κ3) is 2.93. The lowest BCUT2D eigenvalue weighted by molar-refractivity contribution is 0.578. The third-order valence-electron chi connectivity index (χ3n) is 5.25. The van der Waals surface area contributed by atoms with E-state index in [9.17, 15) is 13.6 Å². The molecule has 3 heterocycles. The highest BCUT2D eigenvalue weighted by atomic mass is 19.1. The molecule has 4 nitrogen and oxygen atoms in total. The van der Waals surface area contributed by atoms with Gasteiger partial charge in [0.2, 0.25) is 0 Å². The minimum Gasteiger partial charge on any atom is -0.357 e. The van der Waals surface area contributed by atoms with Gasteiger partial charge in [-0.05, 0) is 46.8 Å². The maximum Gasteiger partial charge on any atom is 0.274 e. The molecule has 1 N–H and O–H groups in total. The number of aryl methyl sites for hydroxylation is 1. The summed E-state index contributed by atoms with van der Waals surface area (Å²) in [6.07, 6.45) is 5.49. The van der Waals surface area contributed by atoms with Crippen LogP contribution >= 0.6 is 0 Å². The first-order chi connectivity index (χ1) is 14.0. The van der Waals surface area contributed by atoms with E-state index >= 15 is 0 Å². The predicted molar refractivity (Wildman–Crippen MR) is 110 cm³/mol. The Hall–Kier alpha value is -3.67. The molecule has 0 unspecified atom stereocenters. The molecule has 0 fully saturated rings. The Balaban J connectivity index is 1.65. The molecule has 5 aromatic rings. The van der Waals surface area contributed by atoms with Crippen LogP contribution in [0.15, 0.2) is 71.9 Å². The summed E-state index contributed by atoms with van der Waals surface area (Å²) in [5.74, 6) is -1.17. The largest absolute Gasteiger partial charge is 0.357 e. The Morgan fingerprint density at radius 1 is 1.00 bits per heavy atom. The molecule has 0 amide bonds. The number of nitrogens with one attached hydrogen (secondary N) is 1. The highest BCUT2D eigenvalue weighted by Crippen LogP contribution is 2.30. The number of pyridine rings is 1. The average molecular weight is 389 g/mol. The van der Waals surface area contributed by atoms with Gasteiger partial charge in [0.25, 0.3) is 5.56 Å². The minimum atomic E-state index is -0.586. The number of nitrogens with zero attached hydrogens (tertiary/aromatic N) is 2. The van der Waals surface area contributed by atoms with E-state index in [1.54, 1.807) is 17.8 Å². The van der Waals surface area contributed by atoms with Crippen molar-refractivity contribution in [3.63, 3.8) is 0 Å². The van der Waals surface area contributed by atoms with Crippen molar-refractivity contribution in [1.29, 1.82) is 0 Å². The molecule has 0 spiro atoms. The molecule has 144 valence electrons. The quantitative estimate of drug-likeness (QED) is 0.473. The molecule has 0 saturated heterocycles. The number of benzene rings is 2. The number of fused-ring (bicyclic) bond motifs is 2. The third-order valence-corrected chi connectivity index (χ3v) is 5.25. The molecule has 0 aliphatic heterocycles.